The Bertz CT molecular complexity index is 494. The van der Waals surface area contributed by atoms with Crippen LogP contribution in [-0.4, -0.2) is 38.8 Å². The number of carboxylic acid groups (broad SMARTS) is 1. The number of hydrogen-bond acceptors (Lipinski definition) is 3. The largest absolute Gasteiger partial charge is 0.481 e. The highest BCUT2D eigenvalue weighted by Crippen LogP contribution is 2.27. The van der Waals surface area contributed by atoms with Crippen LogP contribution in [0.5, 0.6) is 0 Å². The first-order valence-corrected chi connectivity index (χ1v) is 7.73. The Morgan fingerprint density at radius 1 is 1.38 bits per heavy atom. The molecule has 5 nitrogen and oxygen atoms in total. The molecule has 1 aliphatic rings. The van der Waals surface area contributed by atoms with Gasteiger partial charge in [0.15, 0.2) is 0 Å². The average Bonchev–Trinajstić information content (AvgIpc) is 2.72. The summed E-state index contributed by atoms with van der Waals surface area (Å²) in [5, 5.41) is 13.5. The van der Waals surface area contributed by atoms with E-state index >= 15 is 0 Å². The summed E-state index contributed by atoms with van der Waals surface area (Å²) >= 11 is 0. The van der Waals surface area contributed by atoms with Crippen LogP contribution in [0.4, 0.5) is 0 Å². The summed E-state index contributed by atoms with van der Waals surface area (Å²) in [5.74, 6) is -0.328. The second kappa shape index (κ2) is 6.18. The van der Waals surface area contributed by atoms with Gasteiger partial charge in [-0.15, -0.1) is 0 Å². The molecule has 2 heterocycles. The van der Waals surface area contributed by atoms with E-state index < -0.39 is 5.97 Å². The summed E-state index contributed by atoms with van der Waals surface area (Å²) in [5.41, 5.74) is 2.51. The van der Waals surface area contributed by atoms with Crippen LogP contribution >= 0.6 is 0 Å². The number of carboxylic acids is 1. The number of rotatable bonds is 4. The van der Waals surface area contributed by atoms with Gasteiger partial charge < -0.3 is 5.11 Å². The van der Waals surface area contributed by atoms with Gasteiger partial charge in [-0.1, -0.05) is 20.8 Å². The molecule has 1 N–H and O–H groups in total. The molecule has 0 amide bonds. The lowest BCUT2D eigenvalue weighted by Gasteiger charge is -2.31. The number of nitrogens with zero attached hydrogens (tertiary/aromatic N) is 3. The van der Waals surface area contributed by atoms with E-state index in [-0.39, 0.29) is 5.41 Å². The summed E-state index contributed by atoms with van der Waals surface area (Å²) in [6, 6.07) is 0. The maximum absolute atomic E-state index is 10.8. The van der Waals surface area contributed by atoms with Gasteiger partial charge in [-0.3, -0.25) is 14.4 Å². The van der Waals surface area contributed by atoms with E-state index in [1.165, 1.54) is 5.56 Å². The fourth-order valence-corrected chi connectivity index (χ4v) is 3.12. The summed E-state index contributed by atoms with van der Waals surface area (Å²) < 4.78 is 1.90. The minimum Gasteiger partial charge on any atom is -0.481 e. The van der Waals surface area contributed by atoms with E-state index in [9.17, 15) is 4.79 Å². The molecular formula is C16H27N3O2. The lowest BCUT2D eigenvalue weighted by atomic mass is 9.89. The maximum Gasteiger partial charge on any atom is 0.303 e. The van der Waals surface area contributed by atoms with E-state index in [4.69, 9.17) is 5.11 Å². The first kappa shape index (κ1) is 16.0. The maximum atomic E-state index is 10.8. The number of likely N-dealkylation sites (tertiary alicyclic amines) is 1. The second-order valence-electron chi connectivity index (χ2n) is 7.24. The van der Waals surface area contributed by atoms with Crippen molar-refractivity contribution in [2.45, 2.75) is 52.0 Å². The molecule has 1 fully saturated rings. The van der Waals surface area contributed by atoms with Gasteiger partial charge >= 0.3 is 5.97 Å². The average molecular weight is 293 g/mol. The van der Waals surface area contributed by atoms with Crippen LogP contribution in [0.15, 0.2) is 6.20 Å². The van der Waals surface area contributed by atoms with Crippen LogP contribution in [0, 0.1) is 5.92 Å². The molecule has 1 aromatic heterocycles. The van der Waals surface area contributed by atoms with Gasteiger partial charge in [0.2, 0.25) is 0 Å². The normalized spacial score (nSPS) is 18.1. The Labute approximate surface area is 126 Å². The standard InChI is InChI=1S/C16H27N3O2/c1-16(2,3)15-13(10-18(4)17-15)11-19-7-5-12(6-8-19)9-14(20)21/h10,12H,5-9,11H2,1-4H3,(H,20,21). The first-order valence-electron chi connectivity index (χ1n) is 7.73. The third kappa shape index (κ3) is 4.30. The molecule has 21 heavy (non-hydrogen) atoms. The molecular weight excluding hydrogens is 266 g/mol. The van der Waals surface area contributed by atoms with Crippen LogP contribution in [0.25, 0.3) is 0 Å². The fourth-order valence-electron chi connectivity index (χ4n) is 3.12. The van der Waals surface area contributed by atoms with E-state index in [1.807, 2.05) is 11.7 Å². The van der Waals surface area contributed by atoms with Crippen LogP contribution in [0.2, 0.25) is 0 Å². The first-order chi connectivity index (χ1) is 9.75. The highest BCUT2D eigenvalue weighted by molar-refractivity contribution is 5.67. The van der Waals surface area contributed by atoms with Crippen molar-refractivity contribution in [2.75, 3.05) is 13.1 Å². The van der Waals surface area contributed by atoms with Crippen molar-refractivity contribution in [3.05, 3.63) is 17.5 Å². The Morgan fingerprint density at radius 3 is 2.52 bits per heavy atom. The SMILES string of the molecule is Cn1cc(CN2CCC(CC(=O)O)CC2)c(C(C)(C)C)n1. The summed E-state index contributed by atoms with van der Waals surface area (Å²) in [4.78, 5) is 13.2. The molecule has 1 aliphatic heterocycles. The minimum absolute atomic E-state index is 0.0538. The third-order valence-electron chi connectivity index (χ3n) is 4.18. The van der Waals surface area contributed by atoms with Gasteiger partial charge in [0.1, 0.15) is 0 Å². The number of hydrogen-bond donors (Lipinski definition) is 1. The number of aryl methyl sites for hydroxylation is 1. The monoisotopic (exact) mass is 293 g/mol. The summed E-state index contributed by atoms with van der Waals surface area (Å²) in [6.45, 7) is 9.46. The van der Waals surface area contributed by atoms with Gasteiger partial charge in [0, 0.05) is 37.2 Å². The van der Waals surface area contributed by atoms with Crippen molar-refractivity contribution >= 4 is 5.97 Å². The molecule has 2 rings (SSSR count). The Balaban J connectivity index is 1.96. The highest BCUT2D eigenvalue weighted by Gasteiger charge is 2.25. The molecule has 0 bridgehead atoms. The quantitative estimate of drug-likeness (QED) is 0.926. The minimum atomic E-state index is -0.671. The predicted octanol–water partition coefficient (Wildman–Crippen LogP) is 2.40. The summed E-state index contributed by atoms with van der Waals surface area (Å²) in [6.07, 6.45) is 4.40. The predicted molar refractivity (Wildman–Crippen MR) is 82.2 cm³/mol. The highest BCUT2D eigenvalue weighted by atomic mass is 16.4. The fraction of sp³-hybridized carbons (Fsp3) is 0.750. The Kier molecular flexibility index (Phi) is 4.71. The van der Waals surface area contributed by atoms with Crippen molar-refractivity contribution in [3.63, 3.8) is 0 Å². The van der Waals surface area contributed by atoms with Crippen molar-refractivity contribution in [3.8, 4) is 0 Å². The lowest BCUT2D eigenvalue weighted by Crippen LogP contribution is -2.34. The molecule has 5 heteroatoms. The van der Waals surface area contributed by atoms with Crippen LogP contribution in [0.3, 0.4) is 0 Å². The summed E-state index contributed by atoms with van der Waals surface area (Å²) in [7, 11) is 1.97. The van der Waals surface area contributed by atoms with Crippen molar-refractivity contribution in [2.24, 2.45) is 13.0 Å². The zero-order valence-corrected chi connectivity index (χ0v) is 13.6. The van der Waals surface area contributed by atoms with E-state index in [0.29, 0.717) is 12.3 Å². The van der Waals surface area contributed by atoms with Gasteiger partial charge in [-0.25, -0.2) is 0 Å². The molecule has 118 valence electrons. The van der Waals surface area contributed by atoms with Crippen LogP contribution in [-0.2, 0) is 23.8 Å². The topological polar surface area (TPSA) is 58.4 Å². The molecule has 0 saturated carbocycles. The van der Waals surface area contributed by atoms with E-state index in [0.717, 1.165) is 38.2 Å². The van der Waals surface area contributed by atoms with Crippen molar-refractivity contribution < 1.29 is 9.90 Å². The zero-order chi connectivity index (χ0) is 15.6. The lowest BCUT2D eigenvalue weighted by molar-refractivity contribution is -0.138. The Morgan fingerprint density at radius 2 is 2.00 bits per heavy atom. The molecule has 1 aromatic rings. The van der Waals surface area contributed by atoms with Crippen LogP contribution < -0.4 is 0 Å². The molecule has 0 spiro atoms. The number of carbonyl (C=O) groups is 1. The number of aromatic nitrogens is 2. The van der Waals surface area contributed by atoms with Gasteiger partial charge in [-0.2, -0.15) is 5.10 Å². The molecule has 0 atom stereocenters. The molecule has 0 aliphatic carbocycles. The zero-order valence-electron chi connectivity index (χ0n) is 13.6. The van der Waals surface area contributed by atoms with Crippen LogP contribution in [0.1, 0.15) is 51.3 Å². The third-order valence-corrected chi connectivity index (χ3v) is 4.18. The Hall–Kier alpha value is -1.36. The molecule has 0 aromatic carbocycles. The van der Waals surface area contributed by atoms with Gasteiger partial charge in [0.05, 0.1) is 5.69 Å². The molecule has 0 radical (unpaired) electrons. The van der Waals surface area contributed by atoms with E-state index in [2.05, 4.69) is 37.0 Å². The number of aliphatic carboxylic acids is 1. The second-order valence-corrected chi connectivity index (χ2v) is 7.24. The van der Waals surface area contributed by atoms with Crippen molar-refractivity contribution in [1.29, 1.82) is 0 Å². The number of piperidine rings is 1. The van der Waals surface area contributed by atoms with Gasteiger partial charge in [0.25, 0.3) is 0 Å². The smallest absolute Gasteiger partial charge is 0.303 e. The molecule has 1 saturated heterocycles. The van der Waals surface area contributed by atoms with Crippen molar-refractivity contribution in [1.82, 2.24) is 14.7 Å². The van der Waals surface area contributed by atoms with Gasteiger partial charge in [-0.05, 0) is 31.8 Å². The molecule has 0 unspecified atom stereocenters. The van der Waals surface area contributed by atoms with E-state index in [1.54, 1.807) is 0 Å².